The standard InChI is InChI=1S/C26H22N4O2/c1-2-7-21(20(6-1)15-26-27-18-28-30-26)16-31-23-11-13-24(14-12-23)32-17-22-10-9-19-5-3-4-8-25(19)29-22/h1-14,18H,15-17H2,(H,27,28,30). The number of aromatic amines is 1. The van der Waals surface area contributed by atoms with E-state index in [-0.39, 0.29) is 0 Å². The predicted octanol–water partition coefficient (Wildman–Crippen LogP) is 5.10. The molecule has 6 heteroatoms. The third-order valence-corrected chi connectivity index (χ3v) is 5.20. The first-order valence-electron chi connectivity index (χ1n) is 10.4. The summed E-state index contributed by atoms with van der Waals surface area (Å²) in [6, 6.07) is 28.0. The molecule has 2 aromatic heterocycles. The van der Waals surface area contributed by atoms with Gasteiger partial charge in [0, 0.05) is 11.8 Å². The third-order valence-electron chi connectivity index (χ3n) is 5.20. The quantitative estimate of drug-likeness (QED) is 0.377. The fraction of sp³-hybridized carbons (Fsp3) is 0.115. The van der Waals surface area contributed by atoms with E-state index < -0.39 is 0 Å². The summed E-state index contributed by atoms with van der Waals surface area (Å²) in [6.07, 6.45) is 2.21. The van der Waals surface area contributed by atoms with Gasteiger partial charge in [0.15, 0.2) is 0 Å². The lowest BCUT2D eigenvalue weighted by Gasteiger charge is -2.11. The molecule has 1 N–H and O–H groups in total. The lowest BCUT2D eigenvalue weighted by Crippen LogP contribution is -2.02. The van der Waals surface area contributed by atoms with Crippen molar-refractivity contribution < 1.29 is 9.47 Å². The van der Waals surface area contributed by atoms with Crippen molar-refractivity contribution in [1.82, 2.24) is 20.2 Å². The average Bonchev–Trinajstić information content (AvgIpc) is 3.36. The summed E-state index contributed by atoms with van der Waals surface area (Å²) in [5.41, 5.74) is 4.15. The zero-order chi connectivity index (χ0) is 21.6. The molecule has 0 aliphatic rings. The number of benzene rings is 3. The van der Waals surface area contributed by atoms with Crippen molar-refractivity contribution in [3.8, 4) is 11.5 Å². The smallest absolute Gasteiger partial charge is 0.137 e. The molecule has 0 saturated carbocycles. The maximum Gasteiger partial charge on any atom is 0.137 e. The van der Waals surface area contributed by atoms with Gasteiger partial charge in [-0.15, -0.1) is 0 Å². The first-order valence-corrected chi connectivity index (χ1v) is 10.4. The summed E-state index contributed by atoms with van der Waals surface area (Å²) >= 11 is 0. The van der Waals surface area contributed by atoms with E-state index in [2.05, 4.69) is 44.4 Å². The molecule has 6 nitrogen and oxygen atoms in total. The van der Waals surface area contributed by atoms with Crippen LogP contribution in [0, 0.1) is 0 Å². The number of rotatable bonds is 8. The Morgan fingerprint density at radius 2 is 1.41 bits per heavy atom. The Morgan fingerprint density at radius 1 is 0.688 bits per heavy atom. The van der Waals surface area contributed by atoms with Crippen LogP contribution < -0.4 is 9.47 Å². The van der Waals surface area contributed by atoms with Crippen LogP contribution in [0.5, 0.6) is 11.5 Å². The first kappa shape index (κ1) is 19.8. The van der Waals surface area contributed by atoms with Crippen LogP contribution in [-0.2, 0) is 19.6 Å². The minimum absolute atomic E-state index is 0.417. The molecule has 0 spiro atoms. The first-order chi connectivity index (χ1) is 15.8. The van der Waals surface area contributed by atoms with E-state index in [1.807, 2.05) is 60.7 Å². The summed E-state index contributed by atoms with van der Waals surface area (Å²) in [6.45, 7) is 0.894. The molecule has 0 bridgehead atoms. The molecule has 2 heterocycles. The van der Waals surface area contributed by atoms with Gasteiger partial charge < -0.3 is 9.47 Å². The van der Waals surface area contributed by atoms with Crippen molar-refractivity contribution in [1.29, 1.82) is 0 Å². The number of hydrogen-bond donors (Lipinski definition) is 1. The van der Waals surface area contributed by atoms with Crippen LogP contribution in [0.3, 0.4) is 0 Å². The van der Waals surface area contributed by atoms with Gasteiger partial charge in [-0.1, -0.05) is 48.5 Å². The van der Waals surface area contributed by atoms with E-state index in [0.29, 0.717) is 19.6 Å². The third kappa shape index (κ3) is 4.75. The van der Waals surface area contributed by atoms with E-state index in [4.69, 9.17) is 9.47 Å². The van der Waals surface area contributed by atoms with E-state index >= 15 is 0 Å². The van der Waals surface area contributed by atoms with Crippen molar-refractivity contribution in [3.63, 3.8) is 0 Å². The highest BCUT2D eigenvalue weighted by Crippen LogP contribution is 2.21. The number of hydrogen-bond acceptors (Lipinski definition) is 5. The largest absolute Gasteiger partial charge is 0.489 e. The highest BCUT2D eigenvalue weighted by Gasteiger charge is 2.06. The number of nitrogens with zero attached hydrogens (tertiary/aromatic N) is 3. The fourth-order valence-electron chi connectivity index (χ4n) is 3.51. The molecule has 0 amide bonds. The van der Waals surface area contributed by atoms with Crippen molar-refractivity contribution >= 4 is 10.9 Å². The van der Waals surface area contributed by atoms with E-state index in [0.717, 1.165) is 45.0 Å². The lowest BCUT2D eigenvalue weighted by molar-refractivity contribution is 0.294. The average molecular weight is 422 g/mol. The van der Waals surface area contributed by atoms with Crippen LogP contribution in [0.15, 0.2) is 91.3 Å². The SMILES string of the molecule is c1ccc(Cc2ncn[nH]2)c(COc2ccc(OCc3ccc4ccccc4n3)cc2)c1. The van der Waals surface area contributed by atoms with Gasteiger partial charge in [0.05, 0.1) is 11.2 Å². The molecule has 0 atom stereocenters. The minimum atomic E-state index is 0.417. The Bertz CT molecular complexity index is 1300. The molecular weight excluding hydrogens is 400 g/mol. The second kappa shape index (κ2) is 9.31. The number of H-pyrrole nitrogens is 1. The van der Waals surface area contributed by atoms with Gasteiger partial charge in [-0.2, -0.15) is 5.10 Å². The number of ether oxygens (including phenoxy) is 2. The molecule has 158 valence electrons. The molecule has 0 radical (unpaired) electrons. The molecule has 5 rings (SSSR count). The van der Waals surface area contributed by atoms with Gasteiger partial charge in [0.25, 0.3) is 0 Å². The number of pyridine rings is 1. The summed E-state index contributed by atoms with van der Waals surface area (Å²) in [7, 11) is 0. The minimum Gasteiger partial charge on any atom is -0.489 e. The van der Waals surface area contributed by atoms with E-state index in [1.165, 1.54) is 6.33 Å². The second-order valence-electron chi connectivity index (χ2n) is 7.42. The van der Waals surface area contributed by atoms with Crippen LogP contribution >= 0.6 is 0 Å². The Kier molecular flexibility index (Phi) is 5.74. The Balaban J connectivity index is 1.18. The molecule has 32 heavy (non-hydrogen) atoms. The lowest BCUT2D eigenvalue weighted by atomic mass is 10.1. The Hall–Kier alpha value is -4.19. The molecule has 0 aliphatic heterocycles. The summed E-state index contributed by atoms with van der Waals surface area (Å²) in [4.78, 5) is 8.85. The molecule has 3 aromatic carbocycles. The van der Waals surface area contributed by atoms with Crippen molar-refractivity contribution in [2.24, 2.45) is 0 Å². The fourth-order valence-corrected chi connectivity index (χ4v) is 3.51. The monoisotopic (exact) mass is 422 g/mol. The van der Waals surface area contributed by atoms with Crippen LogP contribution in [-0.4, -0.2) is 20.2 Å². The van der Waals surface area contributed by atoms with Gasteiger partial charge >= 0.3 is 0 Å². The molecule has 0 aliphatic carbocycles. The summed E-state index contributed by atoms with van der Waals surface area (Å²) < 4.78 is 11.9. The van der Waals surface area contributed by atoms with Gasteiger partial charge in [-0.25, -0.2) is 9.97 Å². The molecule has 0 fully saturated rings. The van der Waals surface area contributed by atoms with Crippen LogP contribution in [0.1, 0.15) is 22.6 Å². The van der Waals surface area contributed by atoms with Gasteiger partial charge in [0.1, 0.15) is 36.9 Å². The van der Waals surface area contributed by atoms with E-state index in [9.17, 15) is 0 Å². The number of para-hydroxylation sites is 1. The molecular formula is C26H22N4O2. The van der Waals surface area contributed by atoms with Gasteiger partial charge in [-0.05, 0) is 47.5 Å². The zero-order valence-electron chi connectivity index (χ0n) is 17.4. The number of aromatic nitrogens is 4. The molecule has 0 saturated heterocycles. The number of nitrogens with one attached hydrogen (secondary N) is 1. The summed E-state index contributed by atoms with van der Waals surface area (Å²) in [5.74, 6) is 2.40. The van der Waals surface area contributed by atoms with Gasteiger partial charge in [-0.3, -0.25) is 5.10 Å². The normalized spacial score (nSPS) is 10.9. The number of fused-ring (bicyclic) bond motifs is 1. The highest BCUT2D eigenvalue weighted by molar-refractivity contribution is 5.78. The van der Waals surface area contributed by atoms with Crippen molar-refractivity contribution in [2.75, 3.05) is 0 Å². The molecule has 0 unspecified atom stereocenters. The van der Waals surface area contributed by atoms with Crippen LogP contribution in [0.25, 0.3) is 10.9 Å². The second-order valence-corrected chi connectivity index (χ2v) is 7.42. The van der Waals surface area contributed by atoms with E-state index in [1.54, 1.807) is 0 Å². The Labute approximate surface area is 185 Å². The summed E-state index contributed by atoms with van der Waals surface area (Å²) in [5, 5.41) is 7.94. The van der Waals surface area contributed by atoms with Crippen LogP contribution in [0.2, 0.25) is 0 Å². The highest BCUT2D eigenvalue weighted by atomic mass is 16.5. The van der Waals surface area contributed by atoms with Crippen LogP contribution in [0.4, 0.5) is 0 Å². The topological polar surface area (TPSA) is 72.9 Å². The molecule has 5 aromatic rings. The van der Waals surface area contributed by atoms with Crippen molar-refractivity contribution in [2.45, 2.75) is 19.6 Å². The van der Waals surface area contributed by atoms with Crippen molar-refractivity contribution in [3.05, 3.63) is 114 Å². The maximum absolute atomic E-state index is 6.00. The maximum atomic E-state index is 6.00. The van der Waals surface area contributed by atoms with Gasteiger partial charge in [0.2, 0.25) is 0 Å². The Morgan fingerprint density at radius 3 is 2.19 bits per heavy atom. The zero-order valence-corrected chi connectivity index (χ0v) is 17.4. The predicted molar refractivity (Wildman–Crippen MR) is 122 cm³/mol.